The SMILES string of the molecule is C[C@@H]1CN(C(=O)[C@H](c2ccccc2)N(C)C)CCN1. The minimum atomic E-state index is -0.188. The van der Waals surface area contributed by atoms with Gasteiger partial charge in [-0.3, -0.25) is 9.69 Å². The number of carbonyl (C=O) groups is 1. The monoisotopic (exact) mass is 261 g/mol. The van der Waals surface area contributed by atoms with Gasteiger partial charge in [0, 0.05) is 25.7 Å². The Morgan fingerprint density at radius 3 is 2.63 bits per heavy atom. The van der Waals surface area contributed by atoms with Crippen LogP contribution in [0.25, 0.3) is 0 Å². The standard InChI is InChI=1S/C15H23N3O/c1-12-11-18(10-9-16-12)15(19)14(17(2)3)13-7-5-4-6-8-13/h4-8,12,14,16H,9-11H2,1-3H3/t12-,14+/m1/s1. The third-order valence-corrected chi connectivity index (χ3v) is 3.55. The molecule has 1 amide bonds. The molecule has 4 heteroatoms. The molecule has 0 aliphatic carbocycles. The molecule has 2 rings (SSSR count). The molecule has 0 bridgehead atoms. The maximum atomic E-state index is 12.7. The van der Waals surface area contributed by atoms with Crippen LogP contribution >= 0.6 is 0 Å². The van der Waals surface area contributed by atoms with Crippen molar-refractivity contribution in [3.63, 3.8) is 0 Å². The summed E-state index contributed by atoms with van der Waals surface area (Å²) in [6, 6.07) is 10.2. The molecule has 2 atom stereocenters. The summed E-state index contributed by atoms with van der Waals surface area (Å²) in [6.07, 6.45) is 0. The van der Waals surface area contributed by atoms with Crippen LogP contribution in [-0.4, -0.2) is 55.5 Å². The molecule has 1 heterocycles. The van der Waals surface area contributed by atoms with Crippen LogP contribution in [0.15, 0.2) is 30.3 Å². The van der Waals surface area contributed by atoms with Crippen molar-refractivity contribution < 1.29 is 4.79 Å². The van der Waals surface area contributed by atoms with Crippen LogP contribution in [0.2, 0.25) is 0 Å². The highest BCUT2D eigenvalue weighted by atomic mass is 16.2. The number of benzene rings is 1. The molecule has 104 valence electrons. The van der Waals surface area contributed by atoms with Crippen LogP contribution in [0.1, 0.15) is 18.5 Å². The average molecular weight is 261 g/mol. The zero-order valence-electron chi connectivity index (χ0n) is 12.0. The predicted octanol–water partition coefficient (Wildman–Crippen LogP) is 1.11. The van der Waals surface area contributed by atoms with Crippen molar-refractivity contribution in [2.24, 2.45) is 0 Å². The number of amides is 1. The summed E-state index contributed by atoms with van der Waals surface area (Å²) in [5.41, 5.74) is 1.06. The zero-order chi connectivity index (χ0) is 13.8. The van der Waals surface area contributed by atoms with Crippen molar-refractivity contribution in [3.8, 4) is 0 Å². The van der Waals surface area contributed by atoms with E-state index in [-0.39, 0.29) is 11.9 Å². The molecule has 1 aromatic carbocycles. The van der Waals surface area contributed by atoms with Gasteiger partial charge in [0.15, 0.2) is 0 Å². The van der Waals surface area contributed by atoms with E-state index in [1.165, 1.54) is 0 Å². The maximum Gasteiger partial charge on any atom is 0.244 e. The van der Waals surface area contributed by atoms with E-state index in [2.05, 4.69) is 12.2 Å². The van der Waals surface area contributed by atoms with Crippen LogP contribution in [0.3, 0.4) is 0 Å². The molecule has 0 spiro atoms. The molecule has 1 aliphatic heterocycles. The largest absolute Gasteiger partial charge is 0.338 e. The normalized spacial score (nSPS) is 21.5. The van der Waals surface area contributed by atoms with Gasteiger partial charge in [0.1, 0.15) is 6.04 Å². The molecule has 1 aliphatic rings. The van der Waals surface area contributed by atoms with Crippen LogP contribution in [0.4, 0.5) is 0 Å². The number of nitrogens with one attached hydrogen (secondary N) is 1. The summed E-state index contributed by atoms with van der Waals surface area (Å²) in [4.78, 5) is 16.7. The first kappa shape index (κ1) is 14.0. The fourth-order valence-electron chi connectivity index (χ4n) is 2.60. The summed E-state index contributed by atoms with van der Waals surface area (Å²) >= 11 is 0. The van der Waals surface area contributed by atoms with Crippen LogP contribution in [0.5, 0.6) is 0 Å². The van der Waals surface area contributed by atoms with E-state index in [9.17, 15) is 4.79 Å². The highest BCUT2D eigenvalue weighted by Gasteiger charge is 2.29. The first-order valence-corrected chi connectivity index (χ1v) is 6.83. The number of hydrogen-bond donors (Lipinski definition) is 1. The number of likely N-dealkylation sites (N-methyl/N-ethyl adjacent to an activating group) is 1. The highest BCUT2D eigenvalue weighted by molar-refractivity contribution is 5.83. The van der Waals surface area contributed by atoms with Crippen LogP contribution in [-0.2, 0) is 4.79 Å². The minimum absolute atomic E-state index is 0.188. The van der Waals surface area contributed by atoms with Crippen LogP contribution in [0, 0.1) is 0 Å². The molecular formula is C15H23N3O. The van der Waals surface area contributed by atoms with E-state index >= 15 is 0 Å². The first-order chi connectivity index (χ1) is 9.09. The van der Waals surface area contributed by atoms with Crippen molar-refractivity contribution >= 4 is 5.91 Å². The van der Waals surface area contributed by atoms with Crippen LogP contribution < -0.4 is 5.32 Å². The Kier molecular flexibility index (Phi) is 4.56. The van der Waals surface area contributed by atoms with Gasteiger partial charge in [0.25, 0.3) is 0 Å². The Hall–Kier alpha value is -1.39. The molecule has 1 saturated heterocycles. The fraction of sp³-hybridized carbons (Fsp3) is 0.533. The summed E-state index contributed by atoms with van der Waals surface area (Å²) in [7, 11) is 3.92. The van der Waals surface area contributed by atoms with Gasteiger partial charge in [-0.2, -0.15) is 0 Å². The average Bonchev–Trinajstić information content (AvgIpc) is 2.39. The second-order valence-corrected chi connectivity index (χ2v) is 5.42. The van der Waals surface area contributed by atoms with Gasteiger partial charge >= 0.3 is 0 Å². The predicted molar refractivity (Wildman–Crippen MR) is 76.9 cm³/mol. The molecule has 0 aromatic heterocycles. The third-order valence-electron chi connectivity index (χ3n) is 3.55. The molecule has 1 aromatic rings. The molecule has 1 fully saturated rings. The number of hydrogen-bond acceptors (Lipinski definition) is 3. The lowest BCUT2D eigenvalue weighted by Crippen LogP contribution is -2.53. The summed E-state index contributed by atoms with van der Waals surface area (Å²) in [5.74, 6) is 0.199. The highest BCUT2D eigenvalue weighted by Crippen LogP contribution is 2.21. The van der Waals surface area contributed by atoms with Crippen molar-refractivity contribution in [1.82, 2.24) is 15.1 Å². The van der Waals surface area contributed by atoms with Gasteiger partial charge in [-0.25, -0.2) is 0 Å². The Labute approximate surface area is 115 Å². The Bertz CT molecular complexity index is 419. The Morgan fingerprint density at radius 1 is 1.37 bits per heavy atom. The van der Waals surface area contributed by atoms with Crippen molar-refractivity contribution in [1.29, 1.82) is 0 Å². The van der Waals surface area contributed by atoms with E-state index < -0.39 is 0 Å². The Balaban J connectivity index is 2.17. The lowest BCUT2D eigenvalue weighted by molar-refractivity contribution is -0.137. The minimum Gasteiger partial charge on any atom is -0.338 e. The lowest BCUT2D eigenvalue weighted by Gasteiger charge is -2.36. The second-order valence-electron chi connectivity index (χ2n) is 5.42. The van der Waals surface area contributed by atoms with Crippen molar-refractivity contribution in [2.45, 2.75) is 19.0 Å². The number of piperazine rings is 1. The van der Waals surface area contributed by atoms with E-state index in [0.29, 0.717) is 6.04 Å². The Morgan fingerprint density at radius 2 is 2.05 bits per heavy atom. The van der Waals surface area contributed by atoms with E-state index in [4.69, 9.17) is 0 Å². The molecule has 0 unspecified atom stereocenters. The van der Waals surface area contributed by atoms with E-state index in [1.807, 2.05) is 54.2 Å². The van der Waals surface area contributed by atoms with E-state index in [0.717, 1.165) is 25.2 Å². The first-order valence-electron chi connectivity index (χ1n) is 6.83. The summed E-state index contributed by atoms with van der Waals surface area (Å²) < 4.78 is 0. The smallest absolute Gasteiger partial charge is 0.244 e. The molecule has 0 saturated carbocycles. The number of rotatable bonds is 3. The lowest BCUT2D eigenvalue weighted by atomic mass is 10.0. The molecule has 0 radical (unpaired) electrons. The topological polar surface area (TPSA) is 35.6 Å². The van der Waals surface area contributed by atoms with Gasteiger partial charge in [-0.15, -0.1) is 0 Å². The maximum absolute atomic E-state index is 12.7. The van der Waals surface area contributed by atoms with Gasteiger partial charge in [0.05, 0.1) is 0 Å². The zero-order valence-corrected chi connectivity index (χ0v) is 12.0. The summed E-state index contributed by atoms with van der Waals surface area (Å²) in [5, 5.41) is 3.37. The van der Waals surface area contributed by atoms with Gasteiger partial charge in [0.2, 0.25) is 5.91 Å². The molecule has 1 N–H and O–H groups in total. The number of carbonyl (C=O) groups excluding carboxylic acids is 1. The number of nitrogens with zero attached hydrogens (tertiary/aromatic N) is 2. The van der Waals surface area contributed by atoms with Gasteiger partial charge in [-0.05, 0) is 26.6 Å². The van der Waals surface area contributed by atoms with Crippen molar-refractivity contribution in [3.05, 3.63) is 35.9 Å². The summed E-state index contributed by atoms with van der Waals surface area (Å²) in [6.45, 7) is 4.57. The van der Waals surface area contributed by atoms with Gasteiger partial charge in [-0.1, -0.05) is 30.3 Å². The third kappa shape index (κ3) is 3.33. The van der Waals surface area contributed by atoms with Gasteiger partial charge < -0.3 is 10.2 Å². The second kappa shape index (κ2) is 6.17. The quantitative estimate of drug-likeness (QED) is 0.885. The van der Waals surface area contributed by atoms with E-state index in [1.54, 1.807) is 0 Å². The molecule has 4 nitrogen and oxygen atoms in total. The van der Waals surface area contributed by atoms with Crippen molar-refractivity contribution in [2.75, 3.05) is 33.7 Å². The molecule has 19 heavy (non-hydrogen) atoms. The fourth-order valence-corrected chi connectivity index (χ4v) is 2.60. The molecular weight excluding hydrogens is 238 g/mol.